The molecule has 0 bridgehead atoms. The van der Waals surface area contributed by atoms with E-state index in [0.29, 0.717) is 5.92 Å². The van der Waals surface area contributed by atoms with E-state index in [1.807, 2.05) is 6.92 Å². The zero-order valence-corrected chi connectivity index (χ0v) is 12.2. The van der Waals surface area contributed by atoms with Gasteiger partial charge in [0.2, 0.25) is 0 Å². The van der Waals surface area contributed by atoms with E-state index < -0.39 is 17.7 Å². The van der Waals surface area contributed by atoms with Crippen LogP contribution in [0.5, 0.6) is 0 Å². The minimum atomic E-state index is -0.742. The molecule has 1 aromatic carbocycles. The van der Waals surface area contributed by atoms with E-state index in [1.54, 1.807) is 0 Å². The predicted octanol–water partition coefficient (Wildman–Crippen LogP) is 3.19. The highest BCUT2D eigenvalue weighted by molar-refractivity contribution is 5.44. The first-order valence-corrected chi connectivity index (χ1v) is 6.87. The minimum absolute atomic E-state index is 0.0761. The van der Waals surface area contributed by atoms with Crippen molar-refractivity contribution in [1.82, 2.24) is 0 Å². The smallest absolute Gasteiger partial charge is 0.149 e. The molecule has 1 rings (SSSR count). The summed E-state index contributed by atoms with van der Waals surface area (Å²) in [5.41, 5.74) is 0.167. The fourth-order valence-electron chi connectivity index (χ4n) is 1.93. The number of anilines is 1. The number of hydrogen-bond acceptors (Lipinski definition) is 3. The van der Waals surface area contributed by atoms with Crippen molar-refractivity contribution >= 4 is 5.69 Å². The Balaban J connectivity index is 2.30. The zero-order chi connectivity index (χ0) is 15.1. The van der Waals surface area contributed by atoms with Crippen LogP contribution in [-0.4, -0.2) is 30.5 Å². The van der Waals surface area contributed by atoms with Crippen LogP contribution in [0.15, 0.2) is 18.2 Å². The van der Waals surface area contributed by atoms with E-state index in [0.717, 1.165) is 12.5 Å². The van der Waals surface area contributed by atoms with Crippen LogP contribution in [0.4, 0.5) is 14.5 Å². The fourth-order valence-corrected chi connectivity index (χ4v) is 1.93. The normalized spacial score (nSPS) is 14.3. The Bertz CT molecular complexity index is 413. The molecule has 2 unspecified atom stereocenters. The number of halogens is 2. The lowest BCUT2D eigenvalue weighted by Crippen LogP contribution is -2.27. The second-order valence-corrected chi connectivity index (χ2v) is 5.43. The number of nitrogens with one attached hydrogen (secondary N) is 1. The van der Waals surface area contributed by atoms with Crippen molar-refractivity contribution in [3.05, 3.63) is 29.8 Å². The number of aliphatic hydroxyl groups is 1. The lowest BCUT2D eigenvalue weighted by molar-refractivity contribution is -0.00445. The molecule has 1 aromatic rings. The summed E-state index contributed by atoms with van der Waals surface area (Å²) < 4.78 is 31.6. The number of benzene rings is 1. The molecular weight excluding hydrogens is 264 g/mol. The highest BCUT2D eigenvalue weighted by atomic mass is 19.1. The van der Waals surface area contributed by atoms with Gasteiger partial charge in [-0.25, -0.2) is 8.78 Å². The molecule has 0 aromatic heterocycles. The molecule has 0 aliphatic rings. The second kappa shape index (κ2) is 8.17. The van der Waals surface area contributed by atoms with Crippen LogP contribution in [-0.2, 0) is 4.74 Å². The van der Waals surface area contributed by atoms with E-state index in [2.05, 4.69) is 19.2 Å². The van der Waals surface area contributed by atoms with Gasteiger partial charge in [-0.1, -0.05) is 13.8 Å². The van der Waals surface area contributed by atoms with Crippen LogP contribution < -0.4 is 5.32 Å². The molecule has 0 amide bonds. The average molecular weight is 287 g/mol. The third kappa shape index (κ3) is 6.30. The maximum atomic E-state index is 13.3. The third-order valence-corrected chi connectivity index (χ3v) is 2.84. The summed E-state index contributed by atoms with van der Waals surface area (Å²) in [5.74, 6) is -0.765. The van der Waals surface area contributed by atoms with Gasteiger partial charge >= 0.3 is 0 Å². The lowest BCUT2D eigenvalue weighted by atomic mass is 10.1. The number of rotatable bonds is 8. The fraction of sp³-hybridized carbons (Fsp3) is 0.600. The summed E-state index contributed by atoms with van der Waals surface area (Å²) in [6, 6.07) is 3.27. The van der Waals surface area contributed by atoms with Gasteiger partial charge in [-0.3, -0.25) is 0 Å². The van der Waals surface area contributed by atoms with Crippen molar-refractivity contribution in [2.75, 3.05) is 18.5 Å². The van der Waals surface area contributed by atoms with Gasteiger partial charge in [-0.05, 0) is 31.4 Å². The van der Waals surface area contributed by atoms with E-state index in [4.69, 9.17) is 4.74 Å². The molecule has 0 heterocycles. The summed E-state index contributed by atoms with van der Waals surface area (Å²) in [4.78, 5) is 0. The Morgan fingerprint density at radius 2 is 1.95 bits per heavy atom. The molecule has 0 radical (unpaired) electrons. The largest absolute Gasteiger partial charge is 0.389 e. The SMILES string of the molecule is CC(C)CC(C)OCC(O)CNc1ccc(F)cc1F. The second-order valence-electron chi connectivity index (χ2n) is 5.43. The Morgan fingerprint density at radius 3 is 2.55 bits per heavy atom. The molecule has 2 N–H and O–H groups in total. The van der Waals surface area contributed by atoms with Gasteiger partial charge in [0.15, 0.2) is 0 Å². The molecule has 20 heavy (non-hydrogen) atoms. The molecule has 2 atom stereocenters. The van der Waals surface area contributed by atoms with E-state index in [-0.39, 0.29) is 24.9 Å². The summed E-state index contributed by atoms with van der Waals surface area (Å²) in [7, 11) is 0. The number of aliphatic hydroxyl groups excluding tert-OH is 1. The van der Waals surface area contributed by atoms with Gasteiger partial charge in [-0.15, -0.1) is 0 Å². The van der Waals surface area contributed by atoms with Crippen LogP contribution in [0.1, 0.15) is 27.2 Å². The Labute approximate surface area is 119 Å². The Hall–Kier alpha value is -1.20. The van der Waals surface area contributed by atoms with Crippen molar-refractivity contribution < 1.29 is 18.6 Å². The van der Waals surface area contributed by atoms with Crippen LogP contribution >= 0.6 is 0 Å². The molecular formula is C15H23F2NO2. The third-order valence-electron chi connectivity index (χ3n) is 2.84. The van der Waals surface area contributed by atoms with Crippen LogP contribution in [0, 0.1) is 17.6 Å². The molecule has 114 valence electrons. The molecule has 5 heteroatoms. The monoisotopic (exact) mass is 287 g/mol. The van der Waals surface area contributed by atoms with E-state index in [9.17, 15) is 13.9 Å². The van der Waals surface area contributed by atoms with Crippen molar-refractivity contribution in [2.45, 2.75) is 39.4 Å². The number of hydrogen-bond donors (Lipinski definition) is 2. The van der Waals surface area contributed by atoms with E-state index in [1.165, 1.54) is 12.1 Å². The molecule has 0 aliphatic heterocycles. The van der Waals surface area contributed by atoms with Crippen LogP contribution in [0.25, 0.3) is 0 Å². The van der Waals surface area contributed by atoms with Gasteiger partial charge < -0.3 is 15.2 Å². The van der Waals surface area contributed by atoms with Crippen molar-refractivity contribution in [3.63, 3.8) is 0 Å². The van der Waals surface area contributed by atoms with Crippen molar-refractivity contribution in [2.24, 2.45) is 5.92 Å². The molecule has 0 saturated heterocycles. The van der Waals surface area contributed by atoms with Crippen LogP contribution in [0.2, 0.25) is 0 Å². The molecule has 3 nitrogen and oxygen atoms in total. The van der Waals surface area contributed by atoms with Gasteiger partial charge in [0.05, 0.1) is 24.5 Å². The van der Waals surface area contributed by atoms with Crippen molar-refractivity contribution in [3.8, 4) is 0 Å². The highest BCUT2D eigenvalue weighted by Gasteiger charge is 2.11. The first-order valence-electron chi connectivity index (χ1n) is 6.87. The zero-order valence-electron chi connectivity index (χ0n) is 12.2. The standard InChI is InChI=1S/C15H23F2NO2/c1-10(2)6-11(3)20-9-13(19)8-18-15-5-4-12(16)7-14(15)17/h4-5,7,10-11,13,18-19H,6,8-9H2,1-3H3. The first kappa shape index (κ1) is 16.9. The van der Waals surface area contributed by atoms with Crippen molar-refractivity contribution in [1.29, 1.82) is 0 Å². The molecule has 0 saturated carbocycles. The topological polar surface area (TPSA) is 41.5 Å². The van der Waals surface area contributed by atoms with E-state index >= 15 is 0 Å². The van der Waals surface area contributed by atoms with Crippen LogP contribution in [0.3, 0.4) is 0 Å². The lowest BCUT2D eigenvalue weighted by Gasteiger charge is -2.18. The maximum Gasteiger partial charge on any atom is 0.149 e. The summed E-state index contributed by atoms with van der Waals surface area (Å²) in [5, 5.41) is 12.5. The summed E-state index contributed by atoms with van der Waals surface area (Å²) in [6.07, 6.45) is 0.258. The van der Waals surface area contributed by atoms with Gasteiger partial charge in [0.1, 0.15) is 11.6 Å². The predicted molar refractivity (Wildman–Crippen MR) is 75.7 cm³/mol. The Morgan fingerprint density at radius 1 is 1.25 bits per heavy atom. The Kier molecular flexibility index (Phi) is 6.88. The van der Waals surface area contributed by atoms with Gasteiger partial charge in [0, 0.05) is 12.6 Å². The quantitative estimate of drug-likeness (QED) is 0.771. The highest BCUT2D eigenvalue weighted by Crippen LogP contribution is 2.15. The summed E-state index contributed by atoms with van der Waals surface area (Å²) in [6.45, 7) is 6.50. The summed E-state index contributed by atoms with van der Waals surface area (Å²) >= 11 is 0. The molecule has 0 aliphatic carbocycles. The molecule has 0 spiro atoms. The number of ether oxygens (including phenoxy) is 1. The maximum absolute atomic E-state index is 13.3. The van der Waals surface area contributed by atoms with Gasteiger partial charge in [-0.2, -0.15) is 0 Å². The molecule has 0 fully saturated rings. The first-order chi connectivity index (χ1) is 9.38. The average Bonchev–Trinajstić information content (AvgIpc) is 2.34. The minimum Gasteiger partial charge on any atom is -0.389 e. The van der Waals surface area contributed by atoms with Gasteiger partial charge in [0.25, 0.3) is 0 Å².